The monoisotopic (exact) mass is 296 g/mol. The standard InChI is InChI=1S/2C3H9N.H2O7S2/c2*1-2-3-4;1-8(2,3)7-9(4,5)6/h2*2-4H2,1H3;(H,1,2,3)(H,4,5,6). The van der Waals surface area contributed by atoms with Crippen LogP contribution in [0, 0.1) is 0 Å². The van der Waals surface area contributed by atoms with E-state index in [-0.39, 0.29) is 0 Å². The average molecular weight is 296 g/mol. The minimum atomic E-state index is -5.12. The van der Waals surface area contributed by atoms with Gasteiger partial charge < -0.3 is 11.5 Å². The molecule has 17 heavy (non-hydrogen) atoms. The number of nitrogens with two attached hydrogens (primary N) is 2. The third kappa shape index (κ3) is 49.7. The molecule has 0 rings (SSSR count). The van der Waals surface area contributed by atoms with Gasteiger partial charge in [-0.15, -0.1) is 3.63 Å². The zero-order valence-electron chi connectivity index (χ0n) is 9.74. The zero-order chi connectivity index (χ0) is 14.5. The Bertz CT molecular complexity index is 299. The van der Waals surface area contributed by atoms with Crippen LogP contribution in [0.25, 0.3) is 0 Å². The molecule has 0 atom stereocenters. The van der Waals surface area contributed by atoms with E-state index in [4.69, 9.17) is 20.6 Å². The Hall–Kier alpha value is -0.300. The fraction of sp³-hybridized carbons (Fsp3) is 1.00. The van der Waals surface area contributed by atoms with E-state index in [2.05, 4.69) is 17.5 Å². The first kappa shape index (κ1) is 21.9. The molecule has 0 spiro atoms. The second-order valence-electron chi connectivity index (χ2n) is 2.50. The lowest BCUT2D eigenvalue weighted by Crippen LogP contribution is -2.10. The molecule has 0 bridgehead atoms. The summed E-state index contributed by atoms with van der Waals surface area (Å²) in [5, 5.41) is 0. The van der Waals surface area contributed by atoms with Crippen LogP contribution in [0.15, 0.2) is 0 Å². The lowest BCUT2D eigenvalue weighted by Gasteiger charge is -1.89. The highest BCUT2D eigenvalue weighted by atomic mass is 32.3. The van der Waals surface area contributed by atoms with Crippen molar-refractivity contribution in [3.8, 4) is 0 Å². The predicted molar refractivity (Wildman–Crippen MR) is 62.9 cm³/mol. The molecule has 0 aliphatic heterocycles. The molecule has 9 nitrogen and oxygen atoms in total. The van der Waals surface area contributed by atoms with E-state index >= 15 is 0 Å². The summed E-state index contributed by atoms with van der Waals surface area (Å²) in [4.78, 5) is 0. The molecule has 0 saturated carbocycles. The molecule has 0 aromatic heterocycles. The van der Waals surface area contributed by atoms with Crippen LogP contribution in [0.5, 0.6) is 0 Å². The summed E-state index contributed by atoms with van der Waals surface area (Å²) in [5.41, 5.74) is 10.1. The molecule has 0 unspecified atom stereocenters. The van der Waals surface area contributed by atoms with E-state index in [0.717, 1.165) is 25.9 Å². The van der Waals surface area contributed by atoms with Gasteiger partial charge in [0.05, 0.1) is 0 Å². The SMILES string of the molecule is CCCN.CCCN.O=S(=O)(O)OS(=O)(=O)O. The van der Waals surface area contributed by atoms with Crippen molar-refractivity contribution < 1.29 is 29.6 Å². The molecule has 0 aromatic rings. The van der Waals surface area contributed by atoms with Gasteiger partial charge in [-0.3, -0.25) is 9.11 Å². The van der Waals surface area contributed by atoms with Crippen LogP contribution in [0.4, 0.5) is 0 Å². The van der Waals surface area contributed by atoms with Crippen LogP contribution in [-0.2, 0) is 24.4 Å². The normalized spacial score (nSPS) is 10.7. The van der Waals surface area contributed by atoms with Crippen molar-refractivity contribution in [3.63, 3.8) is 0 Å². The van der Waals surface area contributed by atoms with Crippen molar-refractivity contribution in [1.29, 1.82) is 0 Å². The Labute approximate surface area is 102 Å². The van der Waals surface area contributed by atoms with E-state index in [1.165, 1.54) is 0 Å². The van der Waals surface area contributed by atoms with Crippen LogP contribution in [0.1, 0.15) is 26.7 Å². The Kier molecular flexibility index (Phi) is 15.7. The first-order chi connectivity index (χ1) is 7.54. The highest BCUT2D eigenvalue weighted by Crippen LogP contribution is 1.91. The van der Waals surface area contributed by atoms with Crippen molar-refractivity contribution >= 4 is 20.8 Å². The van der Waals surface area contributed by atoms with Crippen LogP contribution in [0.3, 0.4) is 0 Å². The van der Waals surface area contributed by atoms with E-state index in [9.17, 15) is 16.8 Å². The van der Waals surface area contributed by atoms with Gasteiger partial charge in [0.15, 0.2) is 0 Å². The Balaban J connectivity index is -0.000000205. The lowest BCUT2D eigenvalue weighted by molar-refractivity contribution is 0.344. The highest BCUT2D eigenvalue weighted by molar-refractivity contribution is 7.94. The van der Waals surface area contributed by atoms with Crippen LogP contribution < -0.4 is 11.5 Å². The second-order valence-corrected chi connectivity index (χ2v) is 4.76. The van der Waals surface area contributed by atoms with Crippen molar-refractivity contribution in [2.45, 2.75) is 26.7 Å². The molecule has 6 N–H and O–H groups in total. The molecule has 108 valence electrons. The van der Waals surface area contributed by atoms with E-state index in [0.29, 0.717) is 0 Å². The van der Waals surface area contributed by atoms with E-state index in [1.54, 1.807) is 0 Å². The number of hydrogen-bond acceptors (Lipinski definition) is 7. The minimum Gasteiger partial charge on any atom is -0.330 e. The molecule has 0 saturated heterocycles. The Morgan fingerprint density at radius 3 is 1.06 bits per heavy atom. The largest absolute Gasteiger partial charge is 0.413 e. The van der Waals surface area contributed by atoms with Gasteiger partial charge in [-0.25, -0.2) is 0 Å². The van der Waals surface area contributed by atoms with Crippen LogP contribution in [0.2, 0.25) is 0 Å². The van der Waals surface area contributed by atoms with Gasteiger partial charge in [0.1, 0.15) is 0 Å². The molecule has 0 amide bonds. The maximum absolute atomic E-state index is 9.44. The van der Waals surface area contributed by atoms with Gasteiger partial charge in [-0.2, -0.15) is 16.8 Å². The lowest BCUT2D eigenvalue weighted by atomic mass is 10.5. The highest BCUT2D eigenvalue weighted by Gasteiger charge is 2.15. The summed E-state index contributed by atoms with van der Waals surface area (Å²) < 4.78 is 55.6. The zero-order valence-corrected chi connectivity index (χ0v) is 11.4. The maximum atomic E-state index is 9.44. The van der Waals surface area contributed by atoms with Crippen molar-refractivity contribution in [2.24, 2.45) is 11.5 Å². The third-order valence-corrected chi connectivity index (χ3v) is 2.13. The van der Waals surface area contributed by atoms with E-state index < -0.39 is 20.8 Å². The molecule has 0 fully saturated rings. The first-order valence-corrected chi connectivity index (χ1v) is 7.33. The molecule has 11 heteroatoms. The topological polar surface area (TPSA) is 170 Å². The smallest absolute Gasteiger partial charge is 0.330 e. The fourth-order valence-electron chi connectivity index (χ4n) is 0.109. The molecule has 0 heterocycles. The van der Waals surface area contributed by atoms with Crippen LogP contribution >= 0.6 is 0 Å². The molecular weight excluding hydrogens is 276 g/mol. The number of rotatable bonds is 4. The molecule has 0 aliphatic carbocycles. The summed E-state index contributed by atoms with van der Waals surface area (Å²) in [5.74, 6) is 0. The van der Waals surface area contributed by atoms with Gasteiger partial charge in [-0.1, -0.05) is 13.8 Å². The summed E-state index contributed by atoms with van der Waals surface area (Å²) in [6.45, 7) is 5.75. The third-order valence-electron chi connectivity index (χ3n) is 0.749. The summed E-state index contributed by atoms with van der Waals surface area (Å²) in [7, 11) is -10.2. The van der Waals surface area contributed by atoms with Crippen molar-refractivity contribution in [1.82, 2.24) is 0 Å². The molecule has 0 radical (unpaired) electrons. The Morgan fingerprint density at radius 1 is 0.882 bits per heavy atom. The quantitative estimate of drug-likeness (QED) is 0.490. The second kappa shape index (κ2) is 12.2. The van der Waals surface area contributed by atoms with Gasteiger partial charge in [0, 0.05) is 0 Å². The van der Waals surface area contributed by atoms with Gasteiger partial charge in [-0.05, 0) is 25.9 Å². The van der Waals surface area contributed by atoms with Crippen molar-refractivity contribution in [2.75, 3.05) is 13.1 Å². The molecule has 0 aliphatic rings. The summed E-state index contributed by atoms with van der Waals surface area (Å²) in [6, 6.07) is 0. The minimum absolute atomic E-state index is 0.819. The predicted octanol–water partition coefficient (Wildman–Crippen LogP) is -0.681. The van der Waals surface area contributed by atoms with Crippen LogP contribution in [-0.4, -0.2) is 39.0 Å². The number of hydrogen-bond donors (Lipinski definition) is 4. The summed E-state index contributed by atoms with van der Waals surface area (Å²) in [6.07, 6.45) is 2.19. The molecular formula is C6H20N2O7S2. The molecule has 0 aromatic carbocycles. The van der Waals surface area contributed by atoms with E-state index in [1.807, 2.05) is 0 Å². The fourth-order valence-corrected chi connectivity index (χ4v) is 0.978. The maximum Gasteiger partial charge on any atom is 0.413 e. The Morgan fingerprint density at radius 2 is 1.06 bits per heavy atom. The average Bonchev–Trinajstić information content (AvgIpc) is 2.13. The van der Waals surface area contributed by atoms with Crippen molar-refractivity contribution in [3.05, 3.63) is 0 Å². The van der Waals surface area contributed by atoms with Gasteiger partial charge >= 0.3 is 20.8 Å². The van der Waals surface area contributed by atoms with Gasteiger partial charge in [0.25, 0.3) is 0 Å². The summed E-state index contributed by atoms with van der Waals surface area (Å²) >= 11 is 0. The van der Waals surface area contributed by atoms with Gasteiger partial charge in [0.2, 0.25) is 0 Å². The first-order valence-electron chi connectivity index (χ1n) is 4.60.